The summed E-state index contributed by atoms with van der Waals surface area (Å²) in [7, 11) is 0. The third kappa shape index (κ3) is 5.26. The Labute approximate surface area is 144 Å². The molecule has 0 unspecified atom stereocenters. The molecule has 1 aromatic rings. The fraction of sp³-hybridized carbons (Fsp3) is 0.526. The smallest absolute Gasteiger partial charge is 0.412 e. The predicted octanol–water partition coefficient (Wildman–Crippen LogP) is 2.73. The van der Waals surface area contributed by atoms with E-state index in [2.05, 4.69) is 21.5 Å². The van der Waals surface area contributed by atoms with Gasteiger partial charge in [0.2, 0.25) is 0 Å². The van der Waals surface area contributed by atoms with E-state index in [1.54, 1.807) is 0 Å². The number of ether oxygens (including phenoxy) is 1. The van der Waals surface area contributed by atoms with Crippen LogP contribution in [0.2, 0.25) is 0 Å². The number of nitrogens with one attached hydrogen (secondary N) is 2. The van der Waals surface area contributed by atoms with Crippen molar-refractivity contribution < 1.29 is 9.53 Å². The highest BCUT2D eigenvalue weighted by Crippen LogP contribution is 2.24. The number of carbonyl (C=O) groups is 1. The molecule has 5 heteroatoms. The number of rotatable bonds is 3. The molecule has 0 radical (unpaired) electrons. The Balaban J connectivity index is 2.19. The molecule has 1 heterocycles. The molecule has 1 aliphatic rings. The van der Waals surface area contributed by atoms with Crippen molar-refractivity contribution >= 4 is 11.8 Å². The monoisotopic (exact) mass is 329 g/mol. The van der Waals surface area contributed by atoms with Gasteiger partial charge in [0.05, 0.1) is 0 Å². The summed E-state index contributed by atoms with van der Waals surface area (Å²) in [6, 6.07) is 3.85. The van der Waals surface area contributed by atoms with Crippen LogP contribution in [0.1, 0.15) is 37.5 Å². The van der Waals surface area contributed by atoms with Crippen LogP contribution in [0.15, 0.2) is 12.1 Å². The Hall–Kier alpha value is -2.03. The number of nitrogens with zero attached hydrogens (tertiary/aromatic N) is 1. The number of amides is 1. The summed E-state index contributed by atoms with van der Waals surface area (Å²) < 4.78 is 5.34. The summed E-state index contributed by atoms with van der Waals surface area (Å²) in [5, 5.41) is 6.18. The first kappa shape index (κ1) is 18.3. The molecule has 1 aromatic carbocycles. The van der Waals surface area contributed by atoms with Crippen LogP contribution >= 0.6 is 0 Å². The molecule has 24 heavy (non-hydrogen) atoms. The molecule has 0 atom stereocenters. The van der Waals surface area contributed by atoms with Gasteiger partial charge in [0.1, 0.15) is 5.60 Å². The molecule has 5 nitrogen and oxygen atoms in total. The largest absolute Gasteiger partial charge is 0.444 e. The van der Waals surface area contributed by atoms with Crippen molar-refractivity contribution in [2.24, 2.45) is 0 Å². The van der Waals surface area contributed by atoms with Gasteiger partial charge in [-0.05, 0) is 51.0 Å². The minimum absolute atomic E-state index is 0.465. The number of terminal acetylenes is 1. The molecule has 1 fully saturated rings. The van der Waals surface area contributed by atoms with Gasteiger partial charge in [-0.2, -0.15) is 0 Å². The number of piperazine rings is 1. The van der Waals surface area contributed by atoms with Crippen LogP contribution in [0.4, 0.5) is 10.5 Å². The Morgan fingerprint density at radius 3 is 2.62 bits per heavy atom. The van der Waals surface area contributed by atoms with E-state index in [-0.39, 0.29) is 0 Å². The maximum Gasteiger partial charge on any atom is 0.412 e. The van der Waals surface area contributed by atoms with Gasteiger partial charge >= 0.3 is 6.09 Å². The van der Waals surface area contributed by atoms with Gasteiger partial charge in [0, 0.05) is 44.0 Å². The van der Waals surface area contributed by atoms with Crippen LogP contribution in [0.3, 0.4) is 0 Å². The molecule has 0 saturated carbocycles. The van der Waals surface area contributed by atoms with Crippen molar-refractivity contribution in [2.45, 2.75) is 39.8 Å². The van der Waals surface area contributed by atoms with Crippen LogP contribution in [0.25, 0.3) is 0 Å². The van der Waals surface area contributed by atoms with Gasteiger partial charge in [0.25, 0.3) is 0 Å². The Kier molecular flexibility index (Phi) is 5.87. The van der Waals surface area contributed by atoms with Crippen molar-refractivity contribution in [3.8, 4) is 12.3 Å². The molecular formula is C19H27N3O2. The summed E-state index contributed by atoms with van der Waals surface area (Å²) in [6.07, 6.45) is 5.12. The maximum absolute atomic E-state index is 12.1. The highest BCUT2D eigenvalue weighted by Gasteiger charge is 2.18. The summed E-state index contributed by atoms with van der Waals surface area (Å²) in [6.45, 7) is 12.4. The molecule has 2 rings (SSSR count). The Morgan fingerprint density at radius 1 is 1.38 bits per heavy atom. The van der Waals surface area contributed by atoms with Gasteiger partial charge in [-0.1, -0.05) is 5.92 Å². The first-order chi connectivity index (χ1) is 11.3. The van der Waals surface area contributed by atoms with E-state index in [0.717, 1.165) is 49.4 Å². The van der Waals surface area contributed by atoms with Crippen LogP contribution in [0, 0.1) is 19.3 Å². The molecule has 1 aliphatic heterocycles. The minimum atomic E-state index is -0.536. The normalized spacial score (nSPS) is 15.6. The SMILES string of the molecule is C#Cc1cc(CN2CCNCC2)c(C)c(NC(=O)OC(C)(C)C)c1. The van der Waals surface area contributed by atoms with E-state index in [1.165, 1.54) is 0 Å². The molecule has 1 amide bonds. The second-order valence-electron chi connectivity index (χ2n) is 7.11. The number of carbonyl (C=O) groups excluding carboxylic acids is 1. The highest BCUT2D eigenvalue weighted by molar-refractivity contribution is 5.86. The first-order valence-corrected chi connectivity index (χ1v) is 8.32. The van der Waals surface area contributed by atoms with Crippen molar-refractivity contribution in [1.29, 1.82) is 0 Å². The second kappa shape index (κ2) is 7.69. The summed E-state index contributed by atoms with van der Waals surface area (Å²) in [4.78, 5) is 14.5. The average molecular weight is 329 g/mol. The lowest BCUT2D eigenvalue weighted by molar-refractivity contribution is 0.0636. The summed E-state index contributed by atoms with van der Waals surface area (Å²) in [5.41, 5.74) is 3.10. The van der Waals surface area contributed by atoms with Crippen molar-refractivity contribution in [3.05, 3.63) is 28.8 Å². The standard InChI is InChI=1S/C19H27N3O2/c1-6-15-11-16(13-22-9-7-20-8-10-22)14(2)17(12-15)21-18(23)24-19(3,4)5/h1,11-12,20H,7-10,13H2,2-5H3,(H,21,23). The Morgan fingerprint density at radius 2 is 2.04 bits per heavy atom. The predicted molar refractivity (Wildman–Crippen MR) is 97.1 cm³/mol. The van der Waals surface area contributed by atoms with Crippen LogP contribution in [-0.2, 0) is 11.3 Å². The Bertz CT molecular complexity index is 635. The van der Waals surface area contributed by atoms with Crippen LogP contribution in [0.5, 0.6) is 0 Å². The quantitative estimate of drug-likeness (QED) is 0.837. The van der Waals surface area contributed by atoms with Gasteiger partial charge in [-0.25, -0.2) is 4.79 Å². The fourth-order valence-electron chi connectivity index (χ4n) is 2.68. The molecule has 1 saturated heterocycles. The fourth-order valence-corrected chi connectivity index (χ4v) is 2.68. The topological polar surface area (TPSA) is 53.6 Å². The molecular weight excluding hydrogens is 302 g/mol. The zero-order valence-corrected chi connectivity index (χ0v) is 15.0. The third-order valence-electron chi connectivity index (χ3n) is 3.92. The zero-order valence-electron chi connectivity index (χ0n) is 15.0. The average Bonchev–Trinajstić information content (AvgIpc) is 2.50. The van der Waals surface area contributed by atoms with E-state index in [9.17, 15) is 4.79 Å². The first-order valence-electron chi connectivity index (χ1n) is 8.32. The molecule has 0 bridgehead atoms. The van der Waals surface area contributed by atoms with E-state index in [0.29, 0.717) is 5.69 Å². The second-order valence-corrected chi connectivity index (χ2v) is 7.11. The number of anilines is 1. The van der Waals surface area contributed by atoms with Gasteiger partial charge in [-0.15, -0.1) is 6.42 Å². The van der Waals surface area contributed by atoms with Gasteiger partial charge in [0.15, 0.2) is 0 Å². The van der Waals surface area contributed by atoms with E-state index < -0.39 is 11.7 Å². The summed E-state index contributed by atoms with van der Waals surface area (Å²) in [5.74, 6) is 2.67. The molecule has 130 valence electrons. The molecule has 0 spiro atoms. The summed E-state index contributed by atoms with van der Waals surface area (Å²) >= 11 is 0. The molecule has 0 aliphatic carbocycles. The number of hydrogen-bond acceptors (Lipinski definition) is 4. The lowest BCUT2D eigenvalue weighted by Crippen LogP contribution is -2.43. The van der Waals surface area contributed by atoms with Crippen LogP contribution < -0.4 is 10.6 Å². The van der Waals surface area contributed by atoms with Crippen molar-refractivity contribution in [2.75, 3.05) is 31.5 Å². The van der Waals surface area contributed by atoms with E-state index in [4.69, 9.17) is 11.2 Å². The van der Waals surface area contributed by atoms with Crippen molar-refractivity contribution in [1.82, 2.24) is 10.2 Å². The lowest BCUT2D eigenvalue weighted by Gasteiger charge is -2.28. The van der Waals surface area contributed by atoms with E-state index in [1.807, 2.05) is 39.8 Å². The zero-order chi connectivity index (χ0) is 17.7. The number of hydrogen-bond donors (Lipinski definition) is 2. The highest BCUT2D eigenvalue weighted by atomic mass is 16.6. The van der Waals surface area contributed by atoms with Crippen molar-refractivity contribution in [3.63, 3.8) is 0 Å². The molecule has 2 N–H and O–H groups in total. The lowest BCUT2D eigenvalue weighted by atomic mass is 10.0. The third-order valence-corrected chi connectivity index (χ3v) is 3.92. The van der Waals surface area contributed by atoms with Gasteiger partial charge in [-0.3, -0.25) is 10.2 Å². The number of benzene rings is 1. The maximum atomic E-state index is 12.1. The van der Waals surface area contributed by atoms with E-state index >= 15 is 0 Å². The van der Waals surface area contributed by atoms with Gasteiger partial charge < -0.3 is 10.1 Å². The van der Waals surface area contributed by atoms with Crippen LogP contribution in [-0.4, -0.2) is 42.8 Å². The minimum Gasteiger partial charge on any atom is -0.444 e. The molecule has 0 aromatic heterocycles.